The molecule has 0 fully saturated rings. The molecular weight excluding hydrogens is 446 g/mol. The minimum Gasteiger partial charge on any atom is -0.508 e. The Morgan fingerprint density at radius 1 is 0.824 bits per heavy atom. The normalized spacial score (nSPS) is 17.1. The summed E-state index contributed by atoms with van der Waals surface area (Å²) in [6.07, 6.45) is 0. The molecule has 1 heterocycles. The summed E-state index contributed by atoms with van der Waals surface area (Å²) in [6, 6.07) is 25.9. The second-order valence-electron chi connectivity index (χ2n) is 8.79. The Labute approximate surface area is 203 Å². The number of amides is 1. The number of carbonyl (C=O) groups is 1. The largest absolute Gasteiger partial charge is 0.508 e. The zero-order valence-electron chi connectivity index (χ0n) is 18.9. The first-order valence-corrected chi connectivity index (χ1v) is 11.5. The van der Waals surface area contributed by atoms with E-state index in [1.165, 1.54) is 0 Å². The van der Waals surface area contributed by atoms with Crippen molar-refractivity contribution in [1.29, 1.82) is 0 Å². The third kappa shape index (κ3) is 3.34. The third-order valence-electron chi connectivity index (χ3n) is 6.62. The molecule has 0 radical (unpaired) electrons. The van der Waals surface area contributed by atoms with Gasteiger partial charge in [0, 0.05) is 16.3 Å². The first kappa shape index (κ1) is 22.1. The third-order valence-corrected chi connectivity index (χ3v) is 6.85. The average molecular weight is 470 g/mol. The average Bonchev–Trinajstić information content (AvgIpc) is 3.06. The summed E-state index contributed by atoms with van der Waals surface area (Å²) in [5.41, 5.74) is 4.40. The molecule has 4 aromatic carbocycles. The van der Waals surface area contributed by atoms with Crippen LogP contribution in [0.2, 0.25) is 5.02 Å². The smallest absolute Gasteiger partial charge is 0.247 e. The maximum Gasteiger partial charge on any atom is 0.247 e. The van der Waals surface area contributed by atoms with E-state index in [0.717, 1.165) is 27.9 Å². The molecule has 5 heteroatoms. The summed E-state index contributed by atoms with van der Waals surface area (Å²) < 4.78 is 0. The van der Waals surface area contributed by atoms with Gasteiger partial charge in [0.25, 0.3) is 0 Å². The minimum atomic E-state index is -1.13. The molecule has 0 saturated heterocycles. The van der Waals surface area contributed by atoms with Gasteiger partial charge in [0.05, 0.1) is 6.54 Å². The second kappa shape index (κ2) is 8.23. The Morgan fingerprint density at radius 2 is 1.50 bits per heavy atom. The highest BCUT2D eigenvalue weighted by Gasteiger charge is 2.53. The number of halogens is 1. The van der Waals surface area contributed by atoms with Crippen LogP contribution in [0.4, 0.5) is 5.69 Å². The van der Waals surface area contributed by atoms with Crippen molar-refractivity contribution in [2.75, 3.05) is 4.90 Å². The Balaban J connectivity index is 1.79. The number of carbonyl (C=O) groups excluding carboxylic acids is 1. The summed E-state index contributed by atoms with van der Waals surface area (Å²) in [5, 5.41) is 21.0. The SMILES string of the molecule is Cc1cc(C2(c3ccc(O)cc3)C(=O)N(Cc3cccc(Cl)c3)c3ccccc32)cc(C)c1O. The van der Waals surface area contributed by atoms with Gasteiger partial charge in [-0.3, -0.25) is 4.79 Å². The molecule has 170 valence electrons. The van der Waals surface area contributed by atoms with Crippen molar-refractivity contribution < 1.29 is 15.0 Å². The van der Waals surface area contributed by atoms with Crippen LogP contribution in [0.25, 0.3) is 0 Å². The van der Waals surface area contributed by atoms with Crippen LogP contribution in [0.5, 0.6) is 11.5 Å². The van der Waals surface area contributed by atoms with E-state index in [2.05, 4.69) is 0 Å². The van der Waals surface area contributed by atoms with E-state index in [9.17, 15) is 15.0 Å². The van der Waals surface area contributed by atoms with Crippen molar-refractivity contribution in [2.45, 2.75) is 25.8 Å². The lowest BCUT2D eigenvalue weighted by Gasteiger charge is -2.31. The van der Waals surface area contributed by atoms with Crippen LogP contribution in [-0.2, 0) is 16.8 Å². The fraction of sp³-hybridized carbons (Fsp3) is 0.138. The molecule has 0 aromatic heterocycles. The number of rotatable bonds is 4. The van der Waals surface area contributed by atoms with E-state index in [-0.39, 0.29) is 17.4 Å². The number of aryl methyl sites for hydroxylation is 2. The van der Waals surface area contributed by atoms with E-state index in [4.69, 9.17) is 11.6 Å². The number of hydrogen-bond donors (Lipinski definition) is 2. The van der Waals surface area contributed by atoms with Gasteiger partial charge in [-0.2, -0.15) is 0 Å². The number of anilines is 1. The van der Waals surface area contributed by atoms with Crippen molar-refractivity contribution in [3.63, 3.8) is 0 Å². The van der Waals surface area contributed by atoms with Crippen molar-refractivity contribution in [3.8, 4) is 11.5 Å². The zero-order chi connectivity index (χ0) is 24.0. The highest BCUT2D eigenvalue weighted by atomic mass is 35.5. The van der Waals surface area contributed by atoms with Gasteiger partial charge in [0.15, 0.2) is 0 Å². The lowest BCUT2D eigenvalue weighted by molar-refractivity contribution is -0.120. The zero-order valence-corrected chi connectivity index (χ0v) is 19.7. The summed E-state index contributed by atoms with van der Waals surface area (Å²) in [4.78, 5) is 16.3. The van der Waals surface area contributed by atoms with E-state index < -0.39 is 5.41 Å². The van der Waals surface area contributed by atoms with Crippen LogP contribution in [0.15, 0.2) is 84.9 Å². The minimum absolute atomic E-state index is 0.0937. The van der Waals surface area contributed by atoms with E-state index in [1.807, 2.05) is 74.5 Å². The molecule has 1 amide bonds. The van der Waals surface area contributed by atoms with Crippen LogP contribution in [0, 0.1) is 13.8 Å². The fourth-order valence-electron chi connectivity index (χ4n) is 5.04. The Bertz CT molecular complexity index is 1390. The highest BCUT2D eigenvalue weighted by molar-refractivity contribution is 6.30. The molecule has 0 aliphatic carbocycles. The van der Waals surface area contributed by atoms with Gasteiger partial charge in [-0.1, -0.05) is 66.2 Å². The van der Waals surface area contributed by atoms with Crippen LogP contribution in [-0.4, -0.2) is 16.1 Å². The molecule has 5 rings (SSSR count). The standard InChI is InChI=1S/C29H24ClNO3/c1-18-14-22(15-19(2)27(18)33)29(21-10-12-24(32)13-11-21)25-8-3-4-9-26(25)31(28(29)34)17-20-6-5-7-23(30)16-20/h3-16,32-33H,17H2,1-2H3. The van der Waals surface area contributed by atoms with Gasteiger partial charge < -0.3 is 15.1 Å². The molecule has 1 atom stereocenters. The van der Waals surface area contributed by atoms with Crippen molar-refractivity contribution >= 4 is 23.2 Å². The Morgan fingerprint density at radius 3 is 2.18 bits per heavy atom. The molecular formula is C29H24ClNO3. The summed E-state index contributed by atoms with van der Waals surface area (Å²) in [5.74, 6) is 0.259. The van der Waals surface area contributed by atoms with Crippen molar-refractivity contribution in [3.05, 3.63) is 123 Å². The molecule has 4 nitrogen and oxygen atoms in total. The van der Waals surface area contributed by atoms with Crippen LogP contribution >= 0.6 is 11.6 Å². The maximum atomic E-state index is 14.5. The van der Waals surface area contributed by atoms with E-state index in [1.54, 1.807) is 29.2 Å². The monoisotopic (exact) mass is 469 g/mol. The molecule has 0 bridgehead atoms. The van der Waals surface area contributed by atoms with Gasteiger partial charge in [0.1, 0.15) is 16.9 Å². The van der Waals surface area contributed by atoms with Gasteiger partial charge in [-0.05, 0) is 72.0 Å². The Hall–Kier alpha value is -3.76. The van der Waals surface area contributed by atoms with Crippen molar-refractivity contribution in [2.24, 2.45) is 0 Å². The lowest BCUT2D eigenvalue weighted by atomic mass is 9.69. The number of fused-ring (bicyclic) bond motifs is 1. The van der Waals surface area contributed by atoms with Gasteiger partial charge >= 0.3 is 0 Å². The number of hydrogen-bond acceptors (Lipinski definition) is 3. The Kier molecular flexibility index (Phi) is 5.34. The van der Waals surface area contributed by atoms with Crippen LogP contribution in [0.1, 0.15) is 33.4 Å². The lowest BCUT2D eigenvalue weighted by Crippen LogP contribution is -2.42. The molecule has 2 N–H and O–H groups in total. The molecule has 0 saturated carbocycles. The van der Waals surface area contributed by atoms with Crippen molar-refractivity contribution in [1.82, 2.24) is 0 Å². The number of nitrogens with zero attached hydrogens (tertiary/aromatic N) is 1. The first-order valence-electron chi connectivity index (χ1n) is 11.1. The first-order chi connectivity index (χ1) is 16.3. The van der Waals surface area contributed by atoms with E-state index >= 15 is 0 Å². The molecule has 4 aromatic rings. The number of para-hydroxylation sites is 1. The summed E-state index contributed by atoms with van der Waals surface area (Å²) >= 11 is 6.23. The molecule has 1 unspecified atom stereocenters. The van der Waals surface area contributed by atoms with Crippen LogP contribution < -0.4 is 4.90 Å². The maximum absolute atomic E-state index is 14.5. The van der Waals surface area contributed by atoms with E-state index in [0.29, 0.717) is 22.7 Å². The predicted octanol–water partition coefficient (Wildman–Crippen LogP) is 6.25. The molecule has 34 heavy (non-hydrogen) atoms. The van der Waals surface area contributed by atoms with Crippen LogP contribution in [0.3, 0.4) is 0 Å². The number of aromatic hydroxyl groups is 2. The quantitative estimate of drug-likeness (QED) is 0.371. The topological polar surface area (TPSA) is 60.8 Å². The number of benzene rings is 4. The molecule has 1 aliphatic heterocycles. The predicted molar refractivity (Wildman–Crippen MR) is 135 cm³/mol. The van der Waals surface area contributed by atoms with Gasteiger partial charge in [-0.15, -0.1) is 0 Å². The van der Waals surface area contributed by atoms with Gasteiger partial charge in [0.2, 0.25) is 5.91 Å². The number of phenolic OH excluding ortho intramolecular Hbond substituents is 2. The molecule has 0 spiro atoms. The summed E-state index contributed by atoms with van der Waals surface area (Å²) in [7, 11) is 0. The highest BCUT2D eigenvalue weighted by Crippen LogP contribution is 2.51. The molecule has 1 aliphatic rings. The number of phenols is 2. The van der Waals surface area contributed by atoms with Gasteiger partial charge in [-0.25, -0.2) is 0 Å². The second-order valence-corrected chi connectivity index (χ2v) is 9.23. The summed E-state index contributed by atoms with van der Waals surface area (Å²) in [6.45, 7) is 4.04. The fourth-order valence-corrected chi connectivity index (χ4v) is 5.25.